The van der Waals surface area contributed by atoms with Gasteiger partial charge in [0.25, 0.3) is 0 Å². The number of nitrogens with zero attached hydrogens (tertiary/aromatic N) is 3. The fraction of sp³-hybridized carbons (Fsp3) is 0.476. The van der Waals surface area contributed by atoms with Gasteiger partial charge in [0.2, 0.25) is 0 Å². The molecule has 0 aliphatic heterocycles. The Hall–Kier alpha value is -2.83. The van der Waals surface area contributed by atoms with E-state index in [0.29, 0.717) is 5.92 Å². The van der Waals surface area contributed by atoms with E-state index in [1.54, 1.807) is 6.20 Å². The maximum absolute atomic E-state index is 12.0. The zero-order chi connectivity index (χ0) is 19.9. The molecule has 0 radical (unpaired) electrons. The fourth-order valence-corrected chi connectivity index (χ4v) is 3.87. The molecule has 2 N–H and O–H groups in total. The Kier molecular flexibility index (Phi) is 4.61. The molecule has 148 valence electrons. The highest BCUT2D eigenvalue weighted by atomic mass is 16.6. The minimum Gasteiger partial charge on any atom is -0.446 e. The summed E-state index contributed by atoms with van der Waals surface area (Å²) in [5, 5.41) is 8.17. The number of rotatable bonds is 3. The molecule has 7 nitrogen and oxygen atoms in total. The Morgan fingerprint density at radius 3 is 2.86 bits per heavy atom. The van der Waals surface area contributed by atoms with Gasteiger partial charge < -0.3 is 15.0 Å². The first-order valence-corrected chi connectivity index (χ1v) is 9.74. The molecular weight excluding hydrogens is 354 g/mol. The van der Waals surface area contributed by atoms with Crippen molar-refractivity contribution in [2.45, 2.75) is 57.6 Å². The smallest absolute Gasteiger partial charge is 0.407 e. The molecule has 3 heterocycles. The molecule has 3 aromatic heterocycles. The summed E-state index contributed by atoms with van der Waals surface area (Å²) in [6.07, 6.45) is 6.07. The van der Waals surface area contributed by atoms with E-state index in [1.807, 2.05) is 44.8 Å². The van der Waals surface area contributed by atoms with Gasteiger partial charge >= 0.3 is 6.09 Å². The first-order valence-electron chi connectivity index (χ1n) is 9.74. The number of hydrogen-bond donors (Lipinski definition) is 2. The molecule has 1 aliphatic rings. The van der Waals surface area contributed by atoms with Crippen molar-refractivity contribution in [3.63, 3.8) is 0 Å². The molecule has 0 aromatic carbocycles. The quantitative estimate of drug-likeness (QED) is 0.714. The van der Waals surface area contributed by atoms with Crippen LogP contribution in [-0.4, -0.2) is 37.5 Å². The molecule has 1 fully saturated rings. The van der Waals surface area contributed by atoms with E-state index in [2.05, 4.69) is 32.5 Å². The summed E-state index contributed by atoms with van der Waals surface area (Å²) in [6.45, 7) is 5.84. The lowest BCUT2D eigenvalue weighted by molar-refractivity contribution is 0.0937. The van der Waals surface area contributed by atoms with E-state index in [1.165, 1.54) is 5.56 Å². The van der Waals surface area contributed by atoms with Gasteiger partial charge in [-0.2, -0.15) is 5.10 Å². The summed E-state index contributed by atoms with van der Waals surface area (Å²) in [5.41, 5.74) is 3.81. The van der Waals surface area contributed by atoms with Gasteiger partial charge in [0, 0.05) is 30.4 Å². The maximum Gasteiger partial charge on any atom is 0.407 e. The predicted octanol–water partition coefficient (Wildman–Crippen LogP) is 4.12. The van der Waals surface area contributed by atoms with E-state index in [4.69, 9.17) is 4.74 Å². The second kappa shape index (κ2) is 6.96. The molecule has 2 atom stereocenters. The number of carbonyl (C=O) groups excluding carboxylic acids is 1. The Bertz CT molecular complexity index is 998. The number of alkyl carbamates (subject to hydrolysis) is 1. The fourth-order valence-electron chi connectivity index (χ4n) is 3.87. The number of carbonyl (C=O) groups is 1. The highest BCUT2D eigenvalue weighted by Crippen LogP contribution is 2.37. The van der Waals surface area contributed by atoms with Crippen molar-refractivity contribution in [1.82, 2.24) is 25.1 Å². The van der Waals surface area contributed by atoms with Gasteiger partial charge in [-0.15, -0.1) is 0 Å². The largest absolute Gasteiger partial charge is 0.446 e. The van der Waals surface area contributed by atoms with Crippen molar-refractivity contribution in [3.05, 3.63) is 36.2 Å². The van der Waals surface area contributed by atoms with Gasteiger partial charge in [-0.05, 0) is 69.7 Å². The van der Waals surface area contributed by atoms with Crippen molar-refractivity contribution in [2.75, 3.05) is 0 Å². The number of ether oxygens (including phenoxy) is 1. The van der Waals surface area contributed by atoms with Crippen LogP contribution in [-0.2, 0) is 11.8 Å². The van der Waals surface area contributed by atoms with Gasteiger partial charge in [0.1, 0.15) is 11.8 Å². The van der Waals surface area contributed by atoms with Crippen LogP contribution in [0.15, 0.2) is 30.6 Å². The molecule has 4 rings (SSSR count). The molecular formula is C21H27N5O2. The molecule has 0 saturated heterocycles. The number of hydrogen-bond acceptors (Lipinski definition) is 4. The summed E-state index contributed by atoms with van der Waals surface area (Å²) < 4.78 is 7.45. The molecule has 0 bridgehead atoms. The van der Waals surface area contributed by atoms with E-state index in [-0.39, 0.29) is 17.7 Å². The highest BCUT2D eigenvalue weighted by molar-refractivity contribution is 5.82. The maximum atomic E-state index is 12.0. The van der Waals surface area contributed by atoms with Crippen LogP contribution in [0.3, 0.4) is 0 Å². The van der Waals surface area contributed by atoms with Crippen LogP contribution in [0.1, 0.15) is 51.5 Å². The summed E-state index contributed by atoms with van der Waals surface area (Å²) in [5.74, 6) is 0.361. The van der Waals surface area contributed by atoms with E-state index >= 15 is 0 Å². The average molecular weight is 381 g/mol. The minimum atomic E-state index is -0.335. The number of fused-ring (bicyclic) bond motifs is 1. The van der Waals surface area contributed by atoms with Crippen LogP contribution in [0.5, 0.6) is 0 Å². The summed E-state index contributed by atoms with van der Waals surface area (Å²) >= 11 is 0. The lowest BCUT2D eigenvalue weighted by atomic mass is 9.98. The Morgan fingerprint density at radius 1 is 1.32 bits per heavy atom. The number of aromatic nitrogens is 4. The van der Waals surface area contributed by atoms with Gasteiger partial charge in [0.05, 0.1) is 11.4 Å². The van der Waals surface area contributed by atoms with Gasteiger partial charge in [0.15, 0.2) is 0 Å². The third-order valence-electron chi connectivity index (χ3n) is 5.19. The number of amides is 1. The van der Waals surface area contributed by atoms with Crippen molar-refractivity contribution < 1.29 is 9.53 Å². The van der Waals surface area contributed by atoms with E-state index in [0.717, 1.165) is 41.7 Å². The lowest BCUT2D eigenvalue weighted by Crippen LogP contribution is -2.42. The van der Waals surface area contributed by atoms with Crippen LogP contribution < -0.4 is 5.32 Å². The minimum absolute atomic E-state index is 0.0423. The zero-order valence-corrected chi connectivity index (χ0v) is 16.8. The predicted molar refractivity (Wildman–Crippen MR) is 108 cm³/mol. The van der Waals surface area contributed by atoms with Crippen LogP contribution in [0.4, 0.5) is 4.79 Å². The van der Waals surface area contributed by atoms with Gasteiger partial charge in [-0.3, -0.25) is 4.68 Å². The Morgan fingerprint density at radius 2 is 2.14 bits per heavy atom. The number of nitrogens with one attached hydrogen (secondary N) is 2. The third kappa shape index (κ3) is 3.88. The second-order valence-corrected chi connectivity index (χ2v) is 8.64. The van der Waals surface area contributed by atoms with Crippen molar-refractivity contribution in [3.8, 4) is 11.4 Å². The number of H-pyrrole nitrogens is 1. The number of pyridine rings is 1. The molecule has 0 spiro atoms. The SMILES string of the molecule is Cn1nccc1-c1cc2cc([C@H]3CC[C@@H](OC(=O)NC(C)(C)C)C3)cnc2[nH]1. The second-order valence-electron chi connectivity index (χ2n) is 8.64. The monoisotopic (exact) mass is 381 g/mol. The first kappa shape index (κ1) is 18.5. The zero-order valence-electron chi connectivity index (χ0n) is 16.8. The summed E-state index contributed by atoms with van der Waals surface area (Å²) in [4.78, 5) is 20.0. The van der Waals surface area contributed by atoms with Crippen LogP contribution >= 0.6 is 0 Å². The Balaban J connectivity index is 1.46. The van der Waals surface area contributed by atoms with E-state index in [9.17, 15) is 4.79 Å². The molecule has 1 aliphatic carbocycles. The lowest BCUT2D eigenvalue weighted by Gasteiger charge is -2.22. The van der Waals surface area contributed by atoms with Gasteiger partial charge in [-0.1, -0.05) is 0 Å². The molecule has 28 heavy (non-hydrogen) atoms. The standard InChI is InChI=1S/C21H27N5O2/c1-21(2,3)25-20(27)28-16-6-5-13(10-16)15-9-14-11-17(24-19(14)22-12-15)18-7-8-23-26(18)4/h7-9,11-13,16H,5-6,10H2,1-4H3,(H,22,24)(H,25,27)/t13-,16+/m0/s1. The Labute approximate surface area is 164 Å². The molecule has 1 saturated carbocycles. The number of aromatic amines is 1. The molecule has 0 unspecified atom stereocenters. The van der Waals surface area contributed by atoms with Crippen LogP contribution in [0.2, 0.25) is 0 Å². The van der Waals surface area contributed by atoms with Crippen molar-refractivity contribution in [2.24, 2.45) is 7.05 Å². The van der Waals surface area contributed by atoms with Crippen LogP contribution in [0.25, 0.3) is 22.4 Å². The van der Waals surface area contributed by atoms with Crippen molar-refractivity contribution >= 4 is 17.1 Å². The molecule has 1 amide bonds. The third-order valence-corrected chi connectivity index (χ3v) is 5.19. The summed E-state index contributed by atoms with van der Waals surface area (Å²) in [6, 6.07) is 6.29. The number of aryl methyl sites for hydroxylation is 1. The molecule has 3 aromatic rings. The first-order chi connectivity index (χ1) is 13.3. The van der Waals surface area contributed by atoms with Crippen LogP contribution in [0, 0.1) is 0 Å². The highest BCUT2D eigenvalue weighted by Gasteiger charge is 2.30. The molecule has 7 heteroatoms. The van der Waals surface area contributed by atoms with Gasteiger partial charge in [-0.25, -0.2) is 9.78 Å². The van der Waals surface area contributed by atoms with Crippen molar-refractivity contribution in [1.29, 1.82) is 0 Å². The topological polar surface area (TPSA) is 84.8 Å². The van der Waals surface area contributed by atoms with E-state index < -0.39 is 0 Å². The average Bonchev–Trinajstić information content (AvgIpc) is 3.30. The summed E-state index contributed by atoms with van der Waals surface area (Å²) in [7, 11) is 1.92. The normalized spacial score (nSPS) is 19.9.